The SMILES string of the molecule is Cc1cc2cc(CC(=O)NCCc3cc4ccccc4[nH]c3=O)ccc2[nH]c1=O. The van der Waals surface area contributed by atoms with Gasteiger partial charge in [-0.2, -0.15) is 0 Å². The predicted molar refractivity (Wildman–Crippen MR) is 114 cm³/mol. The second-order valence-corrected chi connectivity index (χ2v) is 7.19. The Kier molecular flexibility index (Phi) is 4.99. The van der Waals surface area contributed by atoms with Crippen LogP contribution in [0.3, 0.4) is 0 Å². The normalized spacial score (nSPS) is 11.1. The Morgan fingerprint density at radius 2 is 1.66 bits per heavy atom. The molecule has 4 aromatic rings. The zero-order valence-electron chi connectivity index (χ0n) is 16.0. The fourth-order valence-corrected chi connectivity index (χ4v) is 3.44. The van der Waals surface area contributed by atoms with Gasteiger partial charge in [-0.25, -0.2) is 0 Å². The van der Waals surface area contributed by atoms with Gasteiger partial charge >= 0.3 is 0 Å². The van der Waals surface area contributed by atoms with Gasteiger partial charge < -0.3 is 15.3 Å². The summed E-state index contributed by atoms with van der Waals surface area (Å²) < 4.78 is 0. The Morgan fingerprint density at radius 3 is 2.52 bits per heavy atom. The summed E-state index contributed by atoms with van der Waals surface area (Å²) in [4.78, 5) is 41.9. The highest BCUT2D eigenvalue weighted by Gasteiger charge is 2.07. The van der Waals surface area contributed by atoms with Crippen LogP contribution in [-0.2, 0) is 17.6 Å². The molecule has 3 N–H and O–H groups in total. The van der Waals surface area contributed by atoms with Gasteiger partial charge in [0.2, 0.25) is 5.91 Å². The topological polar surface area (TPSA) is 94.8 Å². The number of fused-ring (bicyclic) bond motifs is 2. The highest BCUT2D eigenvalue weighted by molar-refractivity contribution is 5.83. The summed E-state index contributed by atoms with van der Waals surface area (Å²) in [5.41, 5.74) is 3.47. The van der Waals surface area contributed by atoms with Crippen LogP contribution in [-0.4, -0.2) is 22.4 Å². The predicted octanol–water partition coefficient (Wildman–Crippen LogP) is 2.58. The zero-order chi connectivity index (χ0) is 20.4. The van der Waals surface area contributed by atoms with Crippen molar-refractivity contribution in [3.63, 3.8) is 0 Å². The van der Waals surface area contributed by atoms with Crippen LogP contribution >= 0.6 is 0 Å². The number of para-hydroxylation sites is 1. The maximum atomic E-state index is 12.3. The summed E-state index contributed by atoms with van der Waals surface area (Å²) in [5.74, 6) is -0.109. The maximum Gasteiger partial charge on any atom is 0.251 e. The number of aromatic nitrogens is 2. The van der Waals surface area contributed by atoms with E-state index in [1.807, 2.05) is 54.6 Å². The molecule has 0 aliphatic heterocycles. The van der Waals surface area contributed by atoms with Crippen molar-refractivity contribution in [2.75, 3.05) is 6.54 Å². The van der Waals surface area contributed by atoms with Crippen LogP contribution in [0.2, 0.25) is 0 Å². The van der Waals surface area contributed by atoms with Crippen molar-refractivity contribution in [2.24, 2.45) is 0 Å². The van der Waals surface area contributed by atoms with Crippen molar-refractivity contribution in [3.05, 3.63) is 92.0 Å². The van der Waals surface area contributed by atoms with Crippen LogP contribution in [0.1, 0.15) is 16.7 Å². The molecule has 6 heteroatoms. The van der Waals surface area contributed by atoms with E-state index in [-0.39, 0.29) is 23.4 Å². The quantitative estimate of drug-likeness (QED) is 0.491. The number of carbonyl (C=O) groups excluding carboxylic acids is 1. The summed E-state index contributed by atoms with van der Waals surface area (Å²) in [6.07, 6.45) is 0.701. The first-order valence-electron chi connectivity index (χ1n) is 9.50. The second-order valence-electron chi connectivity index (χ2n) is 7.19. The molecule has 1 amide bonds. The van der Waals surface area contributed by atoms with Gasteiger partial charge in [-0.15, -0.1) is 0 Å². The van der Waals surface area contributed by atoms with E-state index in [9.17, 15) is 14.4 Å². The summed E-state index contributed by atoms with van der Waals surface area (Å²) in [6, 6.07) is 16.9. The number of amides is 1. The maximum absolute atomic E-state index is 12.3. The van der Waals surface area contributed by atoms with Gasteiger partial charge in [0.1, 0.15) is 0 Å². The van der Waals surface area contributed by atoms with Gasteiger partial charge in [-0.05, 0) is 60.0 Å². The molecular formula is C23H21N3O3. The Bertz CT molecular complexity index is 1330. The molecule has 0 saturated heterocycles. The zero-order valence-corrected chi connectivity index (χ0v) is 16.0. The number of rotatable bonds is 5. The van der Waals surface area contributed by atoms with E-state index in [1.165, 1.54) is 0 Å². The molecule has 4 rings (SSSR count). The third kappa shape index (κ3) is 4.11. The average Bonchev–Trinajstić information content (AvgIpc) is 2.69. The van der Waals surface area contributed by atoms with Crippen LogP contribution in [0, 0.1) is 6.92 Å². The van der Waals surface area contributed by atoms with Crippen molar-refractivity contribution in [1.29, 1.82) is 0 Å². The second kappa shape index (κ2) is 7.75. The van der Waals surface area contributed by atoms with Gasteiger partial charge in [0, 0.05) is 28.7 Å². The number of pyridine rings is 2. The van der Waals surface area contributed by atoms with Crippen LogP contribution < -0.4 is 16.4 Å². The monoisotopic (exact) mass is 387 g/mol. The average molecular weight is 387 g/mol. The lowest BCUT2D eigenvalue weighted by Gasteiger charge is -2.07. The molecule has 0 aliphatic carbocycles. The number of aromatic amines is 2. The minimum atomic E-state index is -0.128. The van der Waals surface area contributed by atoms with Crippen molar-refractivity contribution < 1.29 is 4.79 Å². The first kappa shape index (κ1) is 18.7. The molecule has 2 aromatic carbocycles. The fourth-order valence-electron chi connectivity index (χ4n) is 3.44. The lowest BCUT2D eigenvalue weighted by atomic mass is 10.1. The Morgan fingerprint density at radius 1 is 0.897 bits per heavy atom. The van der Waals surface area contributed by atoms with Gasteiger partial charge in [0.15, 0.2) is 0 Å². The lowest BCUT2D eigenvalue weighted by Crippen LogP contribution is -2.28. The summed E-state index contributed by atoms with van der Waals surface area (Å²) in [5, 5.41) is 4.74. The molecule has 6 nitrogen and oxygen atoms in total. The van der Waals surface area contributed by atoms with Gasteiger partial charge in [0.25, 0.3) is 11.1 Å². The number of benzene rings is 2. The third-order valence-electron chi connectivity index (χ3n) is 5.01. The van der Waals surface area contributed by atoms with Crippen LogP contribution in [0.4, 0.5) is 0 Å². The molecule has 0 bridgehead atoms. The highest BCUT2D eigenvalue weighted by atomic mass is 16.1. The van der Waals surface area contributed by atoms with Crippen LogP contribution in [0.15, 0.2) is 64.2 Å². The lowest BCUT2D eigenvalue weighted by molar-refractivity contribution is -0.120. The Hall–Kier alpha value is -3.67. The molecule has 0 fully saturated rings. The smallest absolute Gasteiger partial charge is 0.251 e. The van der Waals surface area contributed by atoms with Gasteiger partial charge in [-0.1, -0.05) is 24.3 Å². The molecule has 146 valence electrons. The van der Waals surface area contributed by atoms with Crippen LogP contribution in [0.5, 0.6) is 0 Å². The molecule has 0 aliphatic rings. The number of hydrogen-bond donors (Lipinski definition) is 3. The van der Waals surface area contributed by atoms with Crippen molar-refractivity contribution >= 4 is 27.7 Å². The minimum Gasteiger partial charge on any atom is -0.355 e. The largest absolute Gasteiger partial charge is 0.355 e. The Balaban J connectivity index is 1.40. The molecule has 2 heterocycles. The molecule has 29 heavy (non-hydrogen) atoms. The minimum absolute atomic E-state index is 0.105. The van der Waals surface area contributed by atoms with Gasteiger partial charge in [0.05, 0.1) is 6.42 Å². The summed E-state index contributed by atoms with van der Waals surface area (Å²) in [7, 11) is 0. The number of aryl methyl sites for hydroxylation is 1. The van der Waals surface area contributed by atoms with E-state index in [1.54, 1.807) is 6.92 Å². The van der Waals surface area contributed by atoms with E-state index in [0.717, 1.165) is 27.4 Å². The van der Waals surface area contributed by atoms with E-state index in [4.69, 9.17) is 0 Å². The third-order valence-corrected chi connectivity index (χ3v) is 5.01. The number of nitrogens with one attached hydrogen (secondary N) is 3. The molecule has 0 saturated carbocycles. The van der Waals surface area contributed by atoms with E-state index in [2.05, 4.69) is 15.3 Å². The molecule has 0 spiro atoms. The molecule has 0 unspecified atom stereocenters. The number of H-pyrrole nitrogens is 2. The van der Waals surface area contributed by atoms with E-state index >= 15 is 0 Å². The van der Waals surface area contributed by atoms with Crippen LogP contribution in [0.25, 0.3) is 21.8 Å². The van der Waals surface area contributed by atoms with Crippen molar-refractivity contribution in [2.45, 2.75) is 19.8 Å². The fraction of sp³-hybridized carbons (Fsp3) is 0.174. The molecular weight excluding hydrogens is 366 g/mol. The molecule has 0 radical (unpaired) electrons. The van der Waals surface area contributed by atoms with E-state index < -0.39 is 0 Å². The summed E-state index contributed by atoms with van der Waals surface area (Å²) in [6.45, 7) is 2.15. The first-order valence-corrected chi connectivity index (χ1v) is 9.50. The highest BCUT2D eigenvalue weighted by Crippen LogP contribution is 2.14. The first-order chi connectivity index (χ1) is 14.0. The number of carbonyl (C=O) groups is 1. The number of hydrogen-bond acceptors (Lipinski definition) is 3. The Labute approximate surface area is 166 Å². The standard InChI is InChI=1S/C23H21N3O3/c1-14-10-18-11-15(6-7-20(18)25-22(14)28)12-21(27)24-9-8-17-13-16-4-2-3-5-19(16)26-23(17)29/h2-7,10-11,13H,8-9,12H2,1H3,(H,24,27)(H,25,28)(H,26,29). The van der Waals surface area contributed by atoms with Crippen molar-refractivity contribution in [3.8, 4) is 0 Å². The van der Waals surface area contributed by atoms with E-state index in [0.29, 0.717) is 24.1 Å². The molecule has 2 aromatic heterocycles. The van der Waals surface area contributed by atoms with Gasteiger partial charge in [-0.3, -0.25) is 14.4 Å². The molecule has 0 atom stereocenters. The van der Waals surface area contributed by atoms with Crippen molar-refractivity contribution in [1.82, 2.24) is 15.3 Å². The summed E-state index contributed by atoms with van der Waals surface area (Å²) >= 11 is 0.